The van der Waals surface area contributed by atoms with E-state index in [1.54, 1.807) is 0 Å². The van der Waals surface area contributed by atoms with Crippen molar-refractivity contribution in [1.82, 2.24) is 0 Å². The van der Waals surface area contributed by atoms with Crippen molar-refractivity contribution >= 4 is 17.6 Å². The Kier molecular flexibility index (Phi) is 5.89. The van der Waals surface area contributed by atoms with Crippen molar-refractivity contribution in [3.63, 3.8) is 0 Å². The summed E-state index contributed by atoms with van der Waals surface area (Å²) in [6, 6.07) is 5.27. The number of non-ortho nitro benzene ring substituents is 1. The molecule has 0 aliphatic rings. The molecule has 0 amide bonds. The van der Waals surface area contributed by atoms with Crippen molar-refractivity contribution in [3.8, 4) is 5.75 Å². The molecule has 0 radical (unpaired) electrons. The molecule has 64 valence electrons. The molecule has 13 heavy (non-hydrogen) atoms. The van der Waals surface area contributed by atoms with E-state index < -0.39 is 4.92 Å². The summed E-state index contributed by atoms with van der Waals surface area (Å²) in [6.07, 6.45) is 0. The molecule has 0 unspecified atom stereocenters. The van der Waals surface area contributed by atoms with E-state index >= 15 is 0 Å². The third-order valence-electron chi connectivity index (χ3n) is 1.18. The Bertz CT molecular complexity index is 302. The van der Waals surface area contributed by atoms with Crippen molar-refractivity contribution in [1.29, 1.82) is 0 Å². The molecule has 1 aromatic carbocycles. The molecule has 0 saturated carbocycles. The van der Waals surface area contributed by atoms with E-state index in [4.69, 9.17) is 0 Å². The summed E-state index contributed by atoms with van der Waals surface area (Å²) < 4.78 is 14.4. The van der Waals surface area contributed by atoms with Gasteiger partial charge in [-0.05, 0) is 12.1 Å². The molecule has 0 heterocycles. The van der Waals surface area contributed by atoms with Crippen LogP contribution in [0.1, 0.15) is 0 Å². The molecule has 0 aliphatic heterocycles. The third kappa shape index (κ3) is 3.86. The first-order chi connectivity index (χ1) is 5.74. The Balaban J connectivity index is 0.00000144. The van der Waals surface area contributed by atoms with Gasteiger partial charge in [-0.1, -0.05) is 0 Å². The van der Waals surface area contributed by atoms with Crippen molar-refractivity contribution < 1.29 is 42.9 Å². The summed E-state index contributed by atoms with van der Waals surface area (Å²) in [4.78, 5) is 9.65. The van der Waals surface area contributed by atoms with Gasteiger partial charge in [-0.2, -0.15) is 11.9 Å². The Morgan fingerprint density at radius 3 is 2.23 bits per heavy atom. The predicted octanol–water partition coefficient (Wildman–Crippen LogP) is -1.68. The number of nitro groups is 1. The number of nitrogens with zero attached hydrogens (tertiary/aromatic N) is 1. The van der Waals surface area contributed by atoms with E-state index in [1.807, 2.05) is 0 Å². The molecular formula is C6H4NNaO4S. The van der Waals surface area contributed by atoms with Gasteiger partial charge >= 0.3 is 29.6 Å². The van der Waals surface area contributed by atoms with Crippen LogP contribution >= 0.6 is 0 Å². The van der Waals surface area contributed by atoms with Gasteiger partial charge in [-0.25, -0.2) is 0 Å². The second-order valence-corrected chi connectivity index (χ2v) is 2.21. The minimum atomic E-state index is -0.520. The van der Waals surface area contributed by atoms with Crippen LogP contribution in [-0.2, 0) is 16.2 Å². The van der Waals surface area contributed by atoms with Crippen LogP contribution in [0.3, 0.4) is 0 Å². The van der Waals surface area contributed by atoms with Crippen molar-refractivity contribution in [3.05, 3.63) is 34.4 Å². The molecule has 1 aromatic rings. The van der Waals surface area contributed by atoms with Crippen molar-refractivity contribution in [2.24, 2.45) is 0 Å². The van der Waals surface area contributed by atoms with Gasteiger partial charge in [0.1, 0.15) is 0 Å². The Morgan fingerprint density at radius 2 is 1.85 bits per heavy atom. The fraction of sp³-hybridized carbons (Fsp3) is 0. The first-order valence-corrected chi connectivity index (χ1v) is 3.61. The topological polar surface area (TPSA) is 69.4 Å². The van der Waals surface area contributed by atoms with Crippen LogP contribution in [0.15, 0.2) is 24.3 Å². The van der Waals surface area contributed by atoms with Crippen LogP contribution < -0.4 is 33.7 Å². The van der Waals surface area contributed by atoms with Gasteiger partial charge in [-0.15, -0.1) is 0 Å². The molecule has 5 nitrogen and oxygen atoms in total. The predicted molar refractivity (Wildman–Crippen MR) is 41.8 cm³/mol. The molecule has 1 rings (SSSR count). The molecule has 0 spiro atoms. The average molecular weight is 209 g/mol. The molecule has 0 saturated heterocycles. The first kappa shape index (κ1) is 12.6. The number of rotatable bonds is 3. The van der Waals surface area contributed by atoms with Gasteiger partial charge in [0, 0.05) is 12.1 Å². The monoisotopic (exact) mass is 209 g/mol. The third-order valence-corrected chi connectivity index (χ3v) is 1.44. The Hall–Kier alpha value is -0.430. The van der Waals surface area contributed by atoms with Crippen molar-refractivity contribution in [2.45, 2.75) is 0 Å². The summed E-state index contributed by atoms with van der Waals surface area (Å²) in [5.74, 6) is 0.306. The standard InChI is InChI=1S/C6H4NO4S.Na/c8-7(9)5-1-3-6(4-2-5)11-12-10;/h1-4H;/q-1;+1. The molecule has 0 aliphatic carbocycles. The van der Waals surface area contributed by atoms with Gasteiger partial charge in [0.05, 0.1) is 10.7 Å². The largest absolute Gasteiger partial charge is 1.00 e. The van der Waals surface area contributed by atoms with Crippen LogP contribution in [0.5, 0.6) is 5.75 Å². The van der Waals surface area contributed by atoms with Crippen LogP contribution in [-0.4, -0.2) is 4.92 Å². The molecule has 0 bridgehead atoms. The second kappa shape index (κ2) is 6.09. The van der Waals surface area contributed by atoms with E-state index in [-0.39, 0.29) is 47.2 Å². The van der Waals surface area contributed by atoms with Crippen molar-refractivity contribution in [2.75, 3.05) is 0 Å². The average Bonchev–Trinajstić information content (AvgIpc) is 2.06. The zero-order chi connectivity index (χ0) is 8.97. The normalized spacial score (nSPS) is 8.62. The minimum Gasteiger partial charge on any atom is -0.581 e. The smallest absolute Gasteiger partial charge is 0.581 e. The maximum atomic E-state index is 10.2. The van der Waals surface area contributed by atoms with E-state index in [2.05, 4.69) is 4.18 Å². The number of nitro benzene ring substituents is 1. The molecule has 7 heteroatoms. The fourth-order valence-electron chi connectivity index (χ4n) is 0.663. The van der Waals surface area contributed by atoms with E-state index in [9.17, 15) is 14.3 Å². The van der Waals surface area contributed by atoms with Crippen LogP contribution in [0, 0.1) is 10.1 Å². The van der Waals surface area contributed by atoms with E-state index in [0.717, 1.165) is 0 Å². The summed E-state index contributed by atoms with van der Waals surface area (Å²) >= 11 is -0.0509. The van der Waals surface area contributed by atoms with Crippen LogP contribution in [0.2, 0.25) is 0 Å². The zero-order valence-corrected chi connectivity index (χ0v) is 9.61. The van der Waals surface area contributed by atoms with E-state index in [1.165, 1.54) is 24.3 Å². The Labute approximate surface area is 100 Å². The van der Waals surface area contributed by atoms with Crippen LogP contribution in [0.25, 0.3) is 0 Å². The fourth-order valence-corrected chi connectivity index (χ4v) is 0.852. The molecule has 0 atom stereocenters. The van der Waals surface area contributed by atoms with Crippen LogP contribution in [0.4, 0.5) is 5.69 Å². The van der Waals surface area contributed by atoms with Gasteiger partial charge in [-0.3, -0.25) is 10.1 Å². The maximum Gasteiger partial charge on any atom is 1.00 e. The van der Waals surface area contributed by atoms with Gasteiger partial charge < -0.3 is 8.39 Å². The SMILES string of the molecule is O=[S-]Oc1ccc([N+](=O)[O-])cc1.[Na+]. The summed E-state index contributed by atoms with van der Waals surface area (Å²) in [5, 5.41) is 10.2. The van der Waals surface area contributed by atoms with E-state index in [0.29, 0.717) is 5.75 Å². The minimum absolute atomic E-state index is 0. The van der Waals surface area contributed by atoms with Gasteiger partial charge in [0.2, 0.25) is 0 Å². The second-order valence-electron chi connectivity index (χ2n) is 1.90. The molecule has 0 aromatic heterocycles. The number of hydrogen-bond acceptors (Lipinski definition) is 5. The number of hydrogen-bond donors (Lipinski definition) is 0. The van der Waals surface area contributed by atoms with Gasteiger partial charge in [0.25, 0.3) is 5.69 Å². The zero-order valence-electron chi connectivity index (χ0n) is 6.80. The molecule has 0 fully saturated rings. The summed E-state index contributed by atoms with van der Waals surface area (Å²) in [5.41, 5.74) is -0.0294. The molecule has 0 N–H and O–H groups in total. The maximum absolute atomic E-state index is 10.2. The van der Waals surface area contributed by atoms with Gasteiger partial charge in [0.15, 0.2) is 0 Å². The summed E-state index contributed by atoms with van der Waals surface area (Å²) in [7, 11) is 0. The summed E-state index contributed by atoms with van der Waals surface area (Å²) in [6.45, 7) is 0. The quantitative estimate of drug-likeness (QED) is 0.196. The first-order valence-electron chi connectivity index (χ1n) is 2.95. The molecular weight excluding hydrogens is 205 g/mol. The Morgan fingerprint density at radius 1 is 1.31 bits per heavy atom. The number of benzene rings is 1.